The number of methoxy groups -OCH3 is 1. The number of carbonyl (C=O) groups excluding carboxylic acids is 1. The van der Waals surface area contributed by atoms with E-state index in [9.17, 15) is 4.79 Å². The van der Waals surface area contributed by atoms with Crippen LogP contribution < -0.4 is 15.4 Å². The highest BCUT2D eigenvalue weighted by atomic mass is 35.5. The van der Waals surface area contributed by atoms with Crippen LogP contribution in [0.15, 0.2) is 48.5 Å². The highest BCUT2D eigenvalue weighted by molar-refractivity contribution is 6.30. The van der Waals surface area contributed by atoms with Gasteiger partial charge in [-0.05, 0) is 36.2 Å². The van der Waals surface area contributed by atoms with Crippen LogP contribution in [0.3, 0.4) is 0 Å². The molecule has 1 amide bonds. The molecule has 0 aromatic heterocycles. The summed E-state index contributed by atoms with van der Waals surface area (Å²) in [5.74, 6) is 0.713. The van der Waals surface area contributed by atoms with E-state index in [2.05, 4.69) is 10.6 Å². The van der Waals surface area contributed by atoms with Crippen molar-refractivity contribution in [1.29, 1.82) is 0 Å². The van der Waals surface area contributed by atoms with Crippen molar-refractivity contribution in [3.8, 4) is 5.75 Å². The fourth-order valence-corrected chi connectivity index (χ4v) is 2.10. The molecule has 2 aromatic carbocycles. The van der Waals surface area contributed by atoms with Gasteiger partial charge < -0.3 is 15.4 Å². The second-order valence-corrected chi connectivity index (χ2v) is 5.25. The first kappa shape index (κ1) is 16.2. The van der Waals surface area contributed by atoms with Crippen molar-refractivity contribution < 1.29 is 9.53 Å². The van der Waals surface area contributed by atoms with Crippen molar-refractivity contribution in [3.63, 3.8) is 0 Å². The Morgan fingerprint density at radius 1 is 1.18 bits per heavy atom. The molecule has 5 heteroatoms. The van der Waals surface area contributed by atoms with Crippen LogP contribution in [-0.2, 0) is 11.2 Å². The minimum Gasteiger partial charge on any atom is -0.497 e. The van der Waals surface area contributed by atoms with E-state index in [0.717, 1.165) is 28.4 Å². The molecule has 4 nitrogen and oxygen atoms in total. The number of nitrogens with one attached hydrogen (secondary N) is 2. The Kier molecular flexibility index (Phi) is 6.10. The van der Waals surface area contributed by atoms with Crippen LogP contribution in [0.5, 0.6) is 5.75 Å². The van der Waals surface area contributed by atoms with E-state index < -0.39 is 0 Å². The van der Waals surface area contributed by atoms with Crippen LogP contribution in [0.1, 0.15) is 5.56 Å². The SMILES string of the molecule is COc1cccc(NCC(=O)NCCc2ccc(Cl)cc2)c1. The zero-order chi connectivity index (χ0) is 15.8. The Morgan fingerprint density at radius 3 is 2.68 bits per heavy atom. The lowest BCUT2D eigenvalue weighted by Crippen LogP contribution is -2.31. The average molecular weight is 319 g/mol. The predicted octanol–water partition coefficient (Wildman–Crippen LogP) is 3.12. The minimum absolute atomic E-state index is 0.0446. The number of carbonyl (C=O) groups is 1. The molecule has 0 saturated heterocycles. The number of rotatable bonds is 7. The van der Waals surface area contributed by atoms with Gasteiger partial charge in [0.2, 0.25) is 5.91 Å². The first-order valence-electron chi connectivity index (χ1n) is 7.06. The zero-order valence-corrected chi connectivity index (χ0v) is 13.2. The summed E-state index contributed by atoms with van der Waals surface area (Å²) in [6.45, 7) is 0.827. The summed E-state index contributed by atoms with van der Waals surface area (Å²) in [5, 5.41) is 6.66. The third kappa shape index (κ3) is 5.30. The van der Waals surface area contributed by atoms with E-state index in [1.54, 1.807) is 7.11 Å². The van der Waals surface area contributed by atoms with Crippen molar-refractivity contribution in [2.24, 2.45) is 0 Å². The van der Waals surface area contributed by atoms with Crippen molar-refractivity contribution in [1.82, 2.24) is 5.32 Å². The third-order valence-corrected chi connectivity index (χ3v) is 3.42. The van der Waals surface area contributed by atoms with Gasteiger partial charge in [-0.15, -0.1) is 0 Å². The van der Waals surface area contributed by atoms with Gasteiger partial charge in [-0.25, -0.2) is 0 Å². The van der Waals surface area contributed by atoms with E-state index in [4.69, 9.17) is 16.3 Å². The Morgan fingerprint density at radius 2 is 1.95 bits per heavy atom. The Labute approximate surface area is 135 Å². The number of anilines is 1. The van der Waals surface area contributed by atoms with Crippen molar-refractivity contribution in [3.05, 3.63) is 59.1 Å². The summed E-state index contributed by atoms with van der Waals surface area (Å²) in [4.78, 5) is 11.8. The molecule has 0 radical (unpaired) electrons. The molecule has 22 heavy (non-hydrogen) atoms. The van der Waals surface area contributed by atoms with Crippen LogP contribution >= 0.6 is 11.6 Å². The number of hydrogen-bond acceptors (Lipinski definition) is 3. The summed E-state index contributed by atoms with van der Waals surface area (Å²) < 4.78 is 5.13. The Balaban J connectivity index is 1.70. The topological polar surface area (TPSA) is 50.4 Å². The molecule has 0 saturated carbocycles. The molecule has 2 N–H and O–H groups in total. The van der Waals surface area contributed by atoms with Gasteiger partial charge in [0.05, 0.1) is 13.7 Å². The number of amides is 1. The molecule has 0 heterocycles. The summed E-state index contributed by atoms with van der Waals surface area (Å²) >= 11 is 5.83. The maximum absolute atomic E-state index is 11.8. The Bertz CT molecular complexity index is 614. The lowest BCUT2D eigenvalue weighted by Gasteiger charge is -2.09. The van der Waals surface area contributed by atoms with Gasteiger partial charge in [0.15, 0.2) is 0 Å². The van der Waals surface area contributed by atoms with Gasteiger partial charge in [0.25, 0.3) is 0 Å². The standard InChI is InChI=1S/C17H19ClN2O2/c1-22-16-4-2-3-15(11-16)20-12-17(21)19-10-9-13-5-7-14(18)8-6-13/h2-8,11,20H,9-10,12H2,1H3,(H,19,21). The fourth-order valence-electron chi connectivity index (χ4n) is 1.98. The highest BCUT2D eigenvalue weighted by Crippen LogP contribution is 2.16. The summed E-state index contributed by atoms with van der Waals surface area (Å²) in [6.07, 6.45) is 0.780. The average Bonchev–Trinajstić information content (AvgIpc) is 2.55. The highest BCUT2D eigenvalue weighted by Gasteiger charge is 2.02. The van der Waals surface area contributed by atoms with Gasteiger partial charge in [0.1, 0.15) is 5.75 Å². The molecule has 0 spiro atoms. The lowest BCUT2D eigenvalue weighted by atomic mass is 10.1. The van der Waals surface area contributed by atoms with Gasteiger partial charge in [0, 0.05) is 23.3 Å². The first-order valence-corrected chi connectivity index (χ1v) is 7.44. The molecule has 0 fully saturated rings. The largest absolute Gasteiger partial charge is 0.497 e. The van der Waals surface area contributed by atoms with Crippen molar-refractivity contribution in [2.75, 3.05) is 25.5 Å². The van der Waals surface area contributed by atoms with Gasteiger partial charge in [-0.2, -0.15) is 0 Å². The quantitative estimate of drug-likeness (QED) is 0.824. The third-order valence-electron chi connectivity index (χ3n) is 3.17. The van der Waals surface area contributed by atoms with Crippen molar-refractivity contribution >= 4 is 23.2 Å². The van der Waals surface area contributed by atoms with Gasteiger partial charge >= 0.3 is 0 Å². The molecule has 0 aliphatic rings. The Hall–Kier alpha value is -2.20. The molecule has 0 aliphatic heterocycles. The van der Waals surface area contributed by atoms with E-state index in [0.29, 0.717) is 6.54 Å². The van der Waals surface area contributed by atoms with Gasteiger partial charge in [-0.1, -0.05) is 29.8 Å². The fraction of sp³-hybridized carbons (Fsp3) is 0.235. The van der Waals surface area contributed by atoms with E-state index >= 15 is 0 Å². The monoisotopic (exact) mass is 318 g/mol. The smallest absolute Gasteiger partial charge is 0.239 e. The molecular formula is C17H19ClN2O2. The van der Waals surface area contributed by atoms with E-state index in [-0.39, 0.29) is 12.5 Å². The zero-order valence-electron chi connectivity index (χ0n) is 12.4. The minimum atomic E-state index is -0.0446. The van der Waals surface area contributed by atoms with Crippen LogP contribution in [-0.4, -0.2) is 26.1 Å². The molecule has 2 aromatic rings. The second kappa shape index (κ2) is 8.29. The molecule has 116 valence electrons. The number of hydrogen-bond donors (Lipinski definition) is 2. The summed E-state index contributed by atoms with van der Waals surface area (Å²) in [5.41, 5.74) is 2.00. The summed E-state index contributed by atoms with van der Waals surface area (Å²) in [6, 6.07) is 15.1. The normalized spacial score (nSPS) is 10.1. The van der Waals surface area contributed by atoms with Crippen LogP contribution in [0, 0.1) is 0 Å². The van der Waals surface area contributed by atoms with Gasteiger partial charge in [-0.3, -0.25) is 4.79 Å². The molecule has 0 atom stereocenters. The number of benzene rings is 2. The van der Waals surface area contributed by atoms with E-state index in [1.807, 2.05) is 48.5 Å². The molecule has 0 aliphatic carbocycles. The number of ether oxygens (including phenoxy) is 1. The lowest BCUT2D eigenvalue weighted by molar-refractivity contribution is -0.119. The molecular weight excluding hydrogens is 300 g/mol. The van der Waals surface area contributed by atoms with Crippen LogP contribution in [0.2, 0.25) is 5.02 Å². The van der Waals surface area contributed by atoms with E-state index in [1.165, 1.54) is 0 Å². The van der Waals surface area contributed by atoms with Crippen LogP contribution in [0.4, 0.5) is 5.69 Å². The predicted molar refractivity (Wildman–Crippen MR) is 89.6 cm³/mol. The summed E-state index contributed by atoms with van der Waals surface area (Å²) in [7, 11) is 1.61. The second-order valence-electron chi connectivity index (χ2n) is 4.81. The maximum atomic E-state index is 11.8. The number of halogens is 1. The van der Waals surface area contributed by atoms with Crippen LogP contribution in [0.25, 0.3) is 0 Å². The molecule has 0 bridgehead atoms. The molecule has 2 rings (SSSR count). The molecule has 0 unspecified atom stereocenters. The maximum Gasteiger partial charge on any atom is 0.239 e. The first-order chi connectivity index (χ1) is 10.7. The van der Waals surface area contributed by atoms with Crippen molar-refractivity contribution in [2.45, 2.75) is 6.42 Å².